The first kappa shape index (κ1) is 44.3. The van der Waals surface area contributed by atoms with Gasteiger partial charge < -0.3 is 4.57 Å². The minimum Gasteiger partial charge on any atom is -0.308 e. The summed E-state index contributed by atoms with van der Waals surface area (Å²) in [4.78, 5) is 9.67. The quantitative estimate of drug-likeness (QED) is 0.156. The molecule has 334 valence electrons. The molecule has 0 aliphatic heterocycles. The number of fused-ring (bicyclic) bond motifs is 3. The van der Waals surface area contributed by atoms with Crippen molar-refractivity contribution in [3.05, 3.63) is 186 Å². The van der Waals surface area contributed by atoms with Gasteiger partial charge in [-0.1, -0.05) is 91.0 Å². The first-order valence-corrected chi connectivity index (χ1v) is 19.9. The van der Waals surface area contributed by atoms with E-state index < -0.39 is 58.1 Å². The summed E-state index contributed by atoms with van der Waals surface area (Å²) >= 11 is 0. The highest BCUT2D eigenvalue weighted by Gasteiger charge is 2.40. The third-order valence-electron chi connectivity index (χ3n) is 11.2. The normalized spacial score (nSPS) is 12.5. The van der Waals surface area contributed by atoms with E-state index in [4.69, 9.17) is 9.97 Å². The zero-order valence-electron chi connectivity index (χ0n) is 33.8. The van der Waals surface area contributed by atoms with Crippen molar-refractivity contribution in [2.24, 2.45) is 0 Å². The molecule has 0 spiro atoms. The molecule has 16 heteroatoms. The van der Waals surface area contributed by atoms with Crippen LogP contribution in [0.15, 0.2) is 158 Å². The summed E-state index contributed by atoms with van der Waals surface area (Å²) in [6, 6.07) is 36.9. The molecule has 0 amide bonds. The number of hydrogen-bond donors (Lipinski definition) is 0. The predicted molar refractivity (Wildman–Crippen MR) is 228 cm³/mol. The second-order valence-electron chi connectivity index (χ2n) is 15.3. The third-order valence-corrected chi connectivity index (χ3v) is 11.2. The molecular weight excluding hydrogens is 897 g/mol. The lowest BCUT2D eigenvalue weighted by atomic mass is 9.94. The molecule has 0 aliphatic rings. The maximum absolute atomic E-state index is 14.5. The molecule has 2 aromatic heterocycles. The minimum absolute atomic E-state index is 0.0194. The highest BCUT2D eigenvalue weighted by molar-refractivity contribution is 6.12. The SMILES string of the molecule is N#Cc1ccc(-c2cc(-c3ccccc3)nc(-c3ccccc3)n2)cc1-n1c2ccc(-c3ccc(C(F)(F)F)cc3C(F)(F)F)cc2c2cc(-c3ccc(C(F)(F)F)cc3C(F)(F)F)ccc21. The zero-order valence-corrected chi connectivity index (χ0v) is 33.8. The number of rotatable bonds is 6. The van der Waals surface area contributed by atoms with E-state index in [2.05, 4.69) is 6.07 Å². The van der Waals surface area contributed by atoms with Gasteiger partial charge >= 0.3 is 24.7 Å². The summed E-state index contributed by atoms with van der Waals surface area (Å²) in [5.41, 5.74) is -4.53. The Kier molecular flexibility index (Phi) is 10.7. The van der Waals surface area contributed by atoms with E-state index in [1.54, 1.807) is 22.8 Å². The van der Waals surface area contributed by atoms with Crippen LogP contribution in [-0.4, -0.2) is 14.5 Å². The van der Waals surface area contributed by atoms with Gasteiger partial charge in [-0.3, -0.25) is 0 Å². The fraction of sp³-hybridized carbons (Fsp3) is 0.0784. The lowest BCUT2D eigenvalue weighted by Gasteiger charge is -2.16. The van der Waals surface area contributed by atoms with Crippen LogP contribution < -0.4 is 0 Å². The van der Waals surface area contributed by atoms with E-state index in [1.165, 1.54) is 42.5 Å². The standard InChI is InChI=1S/C51H26F12N4/c52-48(53,54)34-15-17-36(40(24-34)50(58,59)60)30-13-19-44-38(21-30)39-22-31(37-18-16-35(49(55,56)57)25-41(37)51(61,62)63)14-20-45(39)67(44)46-23-32(11-12-33(46)27-64)43-26-42(28-7-3-1-4-8-28)65-47(66-43)29-9-5-2-6-10-29/h1-26H. The third kappa shape index (κ3) is 8.44. The van der Waals surface area contributed by atoms with Gasteiger partial charge in [0.1, 0.15) is 6.07 Å². The minimum atomic E-state index is -5.27. The topological polar surface area (TPSA) is 54.5 Å². The Labute approximate surface area is 371 Å². The van der Waals surface area contributed by atoms with Crippen molar-refractivity contribution in [2.45, 2.75) is 24.7 Å². The van der Waals surface area contributed by atoms with Crippen LogP contribution in [-0.2, 0) is 24.7 Å². The Hall–Kier alpha value is -7.93. The molecule has 4 nitrogen and oxygen atoms in total. The average Bonchev–Trinajstić information content (AvgIpc) is 3.63. The second kappa shape index (κ2) is 16.2. The summed E-state index contributed by atoms with van der Waals surface area (Å²) < 4.78 is 171. The Bertz CT molecular complexity index is 3230. The summed E-state index contributed by atoms with van der Waals surface area (Å²) in [6.07, 6.45) is -20.8. The van der Waals surface area contributed by atoms with E-state index in [0.29, 0.717) is 52.6 Å². The van der Waals surface area contributed by atoms with Gasteiger partial charge in [-0.25, -0.2) is 9.97 Å². The average molecular weight is 923 g/mol. The molecule has 9 rings (SSSR count). The van der Waals surface area contributed by atoms with Crippen LogP contribution in [0.2, 0.25) is 0 Å². The van der Waals surface area contributed by atoms with E-state index in [-0.39, 0.29) is 56.3 Å². The number of halogens is 12. The fourth-order valence-corrected chi connectivity index (χ4v) is 8.07. The Balaban J connectivity index is 1.31. The van der Waals surface area contributed by atoms with Gasteiger partial charge in [-0.15, -0.1) is 0 Å². The van der Waals surface area contributed by atoms with Crippen molar-refractivity contribution >= 4 is 21.8 Å². The maximum atomic E-state index is 14.5. The van der Waals surface area contributed by atoms with Crippen LogP contribution in [0.1, 0.15) is 27.8 Å². The van der Waals surface area contributed by atoms with Gasteiger partial charge in [0, 0.05) is 27.5 Å². The van der Waals surface area contributed by atoms with E-state index in [1.807, 2.05) is 60.7 Å². The van der Waals surface area contributed by atoms with Gasteiger partial charge in [-0.2, -0.15) is 57.9 Å². The number of benzene rings is 7. The number of nitriles is 1. The molecule has 0 atom stereocenters. The molecule has 0 unspecified atom stereocenters. The Morgan fingerprint density at radius 1 is 0.403 bits per heavy atom. The lowest BCUT2D eigenvalue weighted by molar-refractivity contribution is -0.144. The van der Waals surface area contributed by atoms with Crippen LogP contribution in [0.4, 0.5) is 52.7 Å². The summed E-state index contributed by atoms with van der Waals surface area (Å²) in [7, 11) is 0. The smallest absolute Gasteiger partial charge is 0.308 e. The van der Waals surface area contributed by atoms with Crippen molar-refractivity contribution < 1.29 is 52.7 Å². The molecule has 0 fully saturated rings. The first-order valence-electron chi connectivity index (χ1n) is 19.9. The summed E-state index contributed by atoms with van der Waals surface area (Å²) in [5, 5.41) is 10.7. The second-order valence-corrected chi connectivity index (χ2v) is 15.3. The van der Waals surface area contributed by atoms with Gasteiger partial charge in [0.05, 0.1) is 55.9 Å². The maximum Gasteiger partial charge on any atom is 0.417 e. The number of nitrogens with zero attached hydrogens (tertiary/aromatic N) is 4. The van der Waals surface area contributed by atoms with E-state index in [0.717, 1.165) is 5.56 Å². The van der Waals surface area contributed by atoms with Crippen LogP contribution in [0.3, 0.4) is 0 Å². The molecule has 0 bridgehead atoms. The predicted octanol–water partition coefficient (Wildman–Crippen LogP) is 15.9. The van der Waals surface area contributed by atoms with Crippen LogP contribution in [0.5, 0.6) is 0 Å². The highest BCUT2D eigenvalue weighted by Crippen LogP contribution is 2.46. The van der Waals surface area contributed by atoms with Crippen LogP contribution in [0.25, 0.3) is 83.6 Å². The van der Waals surface area contributed by atoms with Crippen molar-refractivity contribution in [3.63, 3.8) is 0 Å². The highest BCUT2D eigenvalue weighted by atomic mass is 19.4. The Morgan fingerprint density at radius 2 is 0.851 bits per heavy atom. The van der Waals surface area contributed by atoms with Crippen LogP contribution in [0, 0.1) is 11.3 Å². The van der Waals surface area contributed by atoms with Crippen molar-refractivity contribution in [2.75, 3.05) is 0 Å². The van der Waals surface area contributed by atoms with Crippen molar-refractivity contribution in [1.29, 1.82) is 5.26 Å². The molecule has 67 heavy (non-hydrogen) atoms. The molecule has 0 saturated heterocycles. The fourth-order valence-electron chi connectivity index (χ4n) is 8.07. The number of alkyl halides is 12. The molecule has 0 aliphatic carbocycles. The molecule has 7 aromatic carbocycles. The molecule has 0 N–H and O–H groups in total. The monoisotopic (exact) mass is 922 g/mol. The molecule has 2 heterocycles. The largest absolute Gasteiger partial charge is 0.417 e. The van der Waals surface area contributed by atoms with Crippen LogP contribution >= 0.6 is 0 Å². The molecule has 0 radical (unpaired) electrons. The number of hydrogen-bond acceptors (Lipinski definition) is 3. The van der Waals surface area contributed by atoms with Crippen molar-refractivity contribution in [1.82, 2.24) is 14.5 Å². The van der Waals surface area contributed by atoms with E-state index in [9.17, 15) is 57.9 Å². The molecule has 9 aromatic rings. The Morgan fingerprint density at radius 3 is 1.30 bits per heavy atom. The van der Waals surface area contributed by atoms with Crippen molar-refractivity contribution in [3.8, 4) is 67.9 Å². The zero-order chi connectivity index (χ0) is 47.6. The van der Waals surface area contributed by atoms with Gasteiger partial charge in [-0.05, 0) is 89.0 Å². The van der Waals surface area contributed by atoms with Gasteiger partial charge in [0.15, 0.2) is 5.82 Å². The number of aromatic nitrogens is 3. The van der Waals surface area contributed by atoms with Gasteiger partial charge in [0.2, 0.25) is 0 Å². The van der Waals surface area contributed by atoms with Gasteiger partial charge in [0.25, 0.3) is 0 Å². The summed E-state index contributed by atoms with van der Waals surface area (Å²) in [5.74, 6) is 0.364. The van der Waals surface area contributed by atoms with E-state index >= 15 is 0 Å². The molecular formula is C51H26F12N4. The molecule has 0 saturated carbocycles. The summed E-state index contributed by atoms with van der Waals surface area (Å²) in [6.45, 7) is 0. The first-order chi connectivity index (χ1) is 31.7. The lowest BCUT2D eigenvalue weighted by Crippen LogP contribution is -2.12.